The third kappa shape index (κ3) is 4.08. The van der Waals surface area contributed by atoms with E-state index in [1.165, 1.54) is 11.8 Å². The molecule has 1 aliphatic rings. The van der Waals surface area contributed by atoms with Crippen molar-refractivity contribution in [3.8, 4) is 11.5 Å². The van der Waals surface area contributed by atoms with E-state index in [1.54, 1.807) is 29.2 Å². The first-order chi connectivity index (χ1) is 12.6. The highest BCUT2D eigenvalue weighted by molar-refractivity contribution is 8.18. The second-order valence-electron chi connectivity index (χ2n) is 5.57. The van der Waals surface area contributed by atoms with Crippen molar-refractivity contribution in [2.45, 2.75) is 13.8 Å². The van der Waals surface area contributed by atoms with Crippen LogP contribution in [-0.4, -0.2) is 34.2 Å². The van der Waals surface area contributed by atoms with Gasteiger partial charge in [0.25, 0.3) is 5.91 Å². The van der Waals surface area contributed by atoms with Crippen LogP contribution in [0.5, 0.6) is 11.5 Å². The van der Waals surface area contributed by atoms with Crippen LogP contribution in [0.4, 0.5) is 5.69 Å². The van der Waals surface area contributed by atoms with Gasteiger partial charge >= 0.3 is 0 Å². The van der Waals surface area contributed by atoms with Crippen LogP contribution in [0.3, 0.4) is 0 Å². The van der Waals surface area contributed by atoms with E-state index in [-0.39, 0.29) is 11.7 Å². The molecule has 0 radical (unpaired) electrons. The zero-order chi connectivity index (χ0) is 18.5. The number of ether oxygens (including phenoxy) is 1. The lowest BCUT2D eigenvalue weighted by Crippen LogP contribution is -2.28. The van der Waals surface area contributed by atoms with Crippen LogP contribution in [0.25, 0.3) is 6.08 Å². The molecule has 0 unspecified atom stereocenters. The monoisotopic (exact) mass is 368 g/mol. The number of amides is 1. The highest BCUT2D eigenvalue weighted by Gasteiger charge is 2.32. The molecule has 1 amide bonds. The average Bonchev–Trinajstić information content (AvgIpc) is 2.93. The molecule has 3 rings (SSSR count). The number of carbonyl (C=O) groups is 1. The van der Waals surface area contributed by atoms with E-state index in [1.807, 2.05) is 44.2 Å². The van der Waals surface area contributed by atoms with Gasteiger partial charge in [0.1, 0.15) is 11.5 Å². The standard InChI is InChI=1S/C20H20N2O3S/c1-3-22-19(24)18(13-14-5-9-16(23)10-6-14)26-20(22)21-15-7-11-17(12-8-15)25-4-2/h5-13,23H,3-4H2,1-2H3/b18-13-,21-20?. The van der Waals surface area contributed by atoms with Crippen molar-refractivity contribution >= 4 is 34.6 Å². The number of phenols is 1. The van der Waals surface area contributed by atoms with Crippen LogP contribution in [0.15, 0.2) is 58.4 Å². The molecule has 0 saturated carbocycles. The van der Waals surface area contributed by atoms with Crippen LogP contribution < -0.4 is 4.74 Å². The lowest BCUT2D eigenvalue weighted by atomic mass is 10.2. The van der Waals surface area contributed by atoms with Gasteiger partial charge in [0.05, 0.1) is 17.2 Å². The third-order valence-electron chi connectivity index (χ3n) is 3.77. The van der Waals surface area contributed by atoms with Crippen LogP contribution in [0.1, 0.15) is 19.4 Å². The Morgan fingerprint density at radius 2 is 1.81 bits per heavy atom. The number of aliphatic imine (C=N–C) groups is 1. The second kappa shape index (κ2) is 8.10. The summed E-state index contributed by atoms with van der Waals surface area (Å²) in [5.74, 6) is 0.938. The first kappa shape index (κ1) is 18.1. The molecule has 0 spiro atoms. The van der Waals surface area contributed by atoms with Gasteiger partial charge in [0.15, 0.2) is 5.17 Å². The highest BCUT2D eigenvalue weighted by Crippen LogP contribution is 2.34. The maximum absolute atomic E-state index is 12.6. The summed E-state index contributed by atoms with van der Waals surface area (Å²) in [4.78, 5) is 19.5. The van der Waals surface area contributed by atoms with Gasteiger partial charge in [-0.2, -0.15) is 0 Å². The zero-order valence-corrected chi connectivity index (χ0v) is 15.5. The fourth-order valence-electron chi connectivity index (χ4n) is 2.49. The van der Waals surface area contributed by atoms with Gasteiger partial charge in [-0.1, -0.05) is 12.1 Å². The molecule has 0 atom stereocenters. The Hall–Kier alpha value is -2.73. The summed E-state index contributed by atoms with van der Waals surface area (Å²) in [6, 6.07) is 14.2. The molecule has 1 heterocycles. The largest absolute Gasteiger partial charge is 0.508 e. The number of nitrogens with zero attached hydrogens (tertiary/aromatic N) is 2. The van der Waals surface area contributed by atoms with Crippen LogP contribution in [0.2, 0.25) is 0 Å². The van der Waals surface area contributed by atoms with E-state index in [4.69, 9.17) is 4.74 Å². The molecule has 0 aliphatic carbocycles. The van der Waals surface area contributed by atoms with Crippen LogP contribution in [0, 0.1) is 0 Å². The Labute approximate surface area is 157 Å². The molecule has 1 N–H and O–H groups in total. The molecule has 6 heteroatoms. The smallest absolute Gasteiger partial charge is 0.266 e. The van der Waals surface area contributed by atoms with Crippen molar-refractivity contribution < 1.29 is 14.6 Å². The summed E-state index contributed by atoms with van der Waals surface area (Å²) < 4.78 is 5.44. The lowest BCUT2D eigenvalue weighted by molar-refractivity contribution is -0.122. The summed E-state index contributed by atoms with van der Waals surface area (Å²) in [5, 5.41) is 10.0. The second-order valence-corrected chi connectivity index (χ2v) is 6.58. The van der Waals surface area contributed by atoms with Crippen molar-refractivity contribution in [3.63, 3.8) is 0 Å². The molecule has 0 aromatic heterocycles. The van der Waals surface area contributed by atoms with Crippen molar-refractivity contribution in [1.82, 2.24) is 4.90 Å². The summed E-state index contributed by atoms with van der Waals surface area (Å²) in [6.45, 7) is 5.04. The minimum Gasteiger partial charge on any atom is -0.508 e. The van der Waals surface area contributed by atoms with Gasteiger partial charge in [0, 0.05) is 6.54 Å². The fraction of sp³-hybridized carbons (Fsp3) is 0.200. The number of hydrogen-bond acceptors (Lipinski definition) is 5. The Bertz CT molecular complexity index is 842. The minimum atomic E-state index is -0.0599. The molecule has 1 aliphatic heterocycles. The lowest BCUT2D eigenvalue weighted by Gasteiger charge is -2.12. The molecular weight excluding hydrogens is 348 g/mol. The third-order valence-corrected chi connectivity index (χ3v) is 4.77. The summed E-state index contributed by atoms with van der Waals surface area (Å²) >= 11 is 1.35. The molecule has 1 fully saturated rings. The molecule has 26 heavy (non-hydrogen) atoms. The predicted molar refractivity (Wildman–Crippen MR) is 106 cm³/mol. The van der Waals surface area contributed by atoms with E-state index in [0.29, 0.717) is 23.2 Å². The zero-order valence-electron chi connectivity index (χ0n) is 14.7. The summed E-state index contributed by atoms with van der Waals surface area (Å²) in [7, 11) is 0. The van der Waals surface area contributed by atoms with Gasteiger partial charge in [-0.25, -0.2) is 4.99 Å². The summed E-state index contributed by atoms with van der Waals surface area (Å²) in [6.07, 6.45) is 1.82. The van der Waals surface area contributed by atoms with Gasteiger partial charge in [-0.05, 0) is 73.6 Å². The van der Waals surface area contributed by atoms with E-state index >= 15 is 0 Å². The van der Waals surface area contributed by atoms with Crippen LogP contribution in [-0.2, 0) is 4.79 Å². The Balaban J connectivity index is 1.85. The number of aromatic hydroxyl groups is 1. The van der Waals surface area contributed by atoms with Crippen molar-refractivity contribution in [2.75, 3.05) is 13.2 Å². The molecular formula is C20H20N2O3S. The van der Waals surface area contributed by atoms with Crippen LogP contribution >= 0.6 is 11.8 Å². The Kier molecular flexibility index (Phi) is 5.63. The van der Waals surface area contributed by atoms with Gasteiger partial charge in [-0.15, -0.1) is 0 Å². The van der Waals surface area contributed by atoms with E-state index < -0.39 is 0 Å². The number of benzene rings is 2. The van der Waals surface area contributed by atoms with E-state index in [2.05, 4.69) is 4.99 Å². The van der Waals surface area contributed by atoms with Gasteiger partial charge in [-0.3, -0.25) is 9.69 Å². The normalized spacial score (nSPS) is 17.3. The summed E-state index contributed by atoms with van der Waals surface area (Å²) in [5.41, 5.74) is 1.63. The maximum Gasteiger partial charge on any atom is 0.266 e. The first-order valence-corrected chi connectivity index (χ1v) is 9.24. The van der Waals surface area contributed by atoms with Crippen molar-refractivity contribution in [3.05, 3.63) is 59.0 Å². The topological polar surface area (TPSA) is 62.1 Å². The minimum absolute atomic E-state index is 0.0599. The molecule has 1 saturated heterocycles. The van der Waals surface area contributed by atoms with E-state index in [0.717, 1.165) is 17.0 Å². The number of phenolic OH excluding ortho intramolecular Hbond substituents is 1. The average molecular weight is 368 g/mol. The number of rotatable bonds is 5. The quantitative estimate of drug-likeness (QED) is 0.794. The highest BCUT2D eigenvalue weighted by atomic mass is 32.2. The number of amidine groups is 1. The molecule has 2 aromatic carbocycles. The number of hydrogen-bond donors (Lipinski definition) is 1. The maximum atomic E-state index is 12.6. The van der Waals surface area contributed by atoms with Crippen molar-refractivity contribution in [1.29, 1.82) is 0 Å². The van der Waals surface area contributed by atoms with E-state index in [9.17, 15) is 9.90 Å². The van der Waals surface area contributed by atoms with Crippen molar-refractivity contribution in [2.24, 2.45) is 4.99 Å². The molecule has 0 bridgehead atoms. The Morgan fingerprint density at radius 3 is 2.42 bits per heavy atom. The SMILES string of the molecule is CCOc1ccc(N=C2S/C(=C\c3ccc(O)cc3)C(=O)N2CC)cc1. The number of likely N-dealkylation sites (N-methyl/N-ethyl adjacent to an activating group) is 1. The van der Waals surface area contributed by atoms with Gasteiger partial charge < -0.3 is 9.84 Å². The fourth-order valence-corrected chi connectivity index (χ4v) is 3.55. The number of thioether (sulfide) groups is 1. The predicted octanol–water partition coefficient (Wildman–Crippen LogP) is 4.41. The Morgan fingerprint density at radius 1 is 1.12 bits per heavy atom. The molecule has 134 valence electrons. The molecule has 2 aromatic rings. The van der Waals surface area contributed by atoms with Gasteiger partial charge in [0.2, 0.25) is 0 Å². The first-order valence-electron chi connectivity index (χ1n) is 8.42. The molecule has 5 nitrogen and oxygen atoms in total. The number of carbonyl (C=O) groups excluding carboxylic acids is 1.